The summed E-state index contributed by atoms with van der Waals surface area (Å²) >= 11 is 1.69. The molecule has 0 amide bonds. The van der Waals surface area contributed by atoms with Crippen LogP contribution in [0.2, 0.25) is 0 Å². The Hall–Kier alpha value is -1.43. The normalized spacial score (nSPS) is 16.0. The lowest BCUT2D eigenvalue weighted by Gasteiger charge is -2.12. The maximum atomic E-state index is 12.3. The molecule has 0 bridgehead atoms. The summed E-state index contributed by atoms with van der Waals surface area (Å²) in [4.78, 5) is 4.26. The van der Waals surface area contributed by atoms with Gasteiger partial charge in [-0.15, -0.1) is 0 Å². The van der Waals surface area contributed by atoms with Crippen LogP contribution in [0.4, 0.5) is 10.1 Å². The summed E-state index contributed by atoms with van der Waals surface area (Å²) in [6, 6.07) is 7.35. The van der Waals surface area contributed by atoms with Gasteiger partial charge in [0.1, 0.15) is 18.5 Å². The third-order valence-corrected chi connectivity index (χ3v) is 3.20. The van der Waals surface area contributed by atoms with Crippen LogP contribution in [-0.2, 0) is 0 Å². The minimum absolute atomic E-state index is 0.411. The van der Waals surface area contributed by atoms with E-state index < -0.39 is 12.8 Å². The van der Waals surface area contributed by atoms with E-state index in [2.05, 4.69) is 15.8 Å². The molecule has 1 aromatic rings. The topological polar surface area (TPSA) is 45.6 Å². The molecule has 1 aliphatic heterocycles. The van der Waals surface area contributed by atoms with Crippen molar-refractivity contribution in [3.63, 3.8) is 0 Å². The lowest BCUT2D eigenvalue weighted by molar-refractivity contribution is 0.182. The summed E-state index contributed by atoms with van der Waals surface area (Å²) in [7, 11) is 0. The smallest absolute Gasteiger partial charge is 0.175 e. The van der Waals surface area contributed by atoms with E-state index in [1.807, 2.05) is 12.1 Å². The summed E-state index contributed by atoms with van der Waals surface area (Å²) in [6.45, 7) is 2.07. The summed E-state index contributed by atoms with van der Waals surface area (Å²) in [5.74, 6) is 1.69. The third-order valence-electron chi connectivity index (χ3n) is 2.31. The Morgan fingerprint density at radius 1 is 1.39 bits per heavy atom. The van der Waals surface area contributed by atoms with E-state index in [0.717, 1.165) is 23.2 Å². The average molecular weight is 269 g/mol. The highest BCUT2D eigenvalue weighted by Gasteiger charge is 2.06. The lowest BCUT2D eigenvalue weighted by atomic mass is 10.3. The van der Waals surface area contributed by atoms with Gasteiger partial charge in [0, 0.05) is 5.75 Å². The molecule has 98 valence electrons. The number of nitrogens with one attached hydrogen (secondary N) is 2. The third kappa shape index (κ3) is 3.80. The Labute approximate surface area is 110 Å². The Morgan fingerprint density at radius 3 is 2.78 bits per heavy atom. The summed E-state index contributed by atoms with van der Waals surface area (Å²) in [5.41, 5.74) is 6.99. The van der Waals surface area contributed by atoms with Crippen molar-refractivity contribution in [3.8, 4) is 5.75 Å². The zero-order valence-electron chi connectivity index (χ0n) is 10.1. The first kappa shape index (κ1) is 13.0. The van der Waals surface area contributed by atoms with Gasteiger partial charge in [-0.1, -0.05) is 11.8 Å². The van der Waals surface area contributed by atoms with Gasteiger partial charge in [-0.3, -0.25) is 15.8 Å². The monoisotopic (exact) mass is 269 g/mol. The fraction of sp³-hybridized carbons (Fsp3) is 0.417. The highest BCUT2D eigenvalue weighted by molar-refractivity contribution is 8.14. The molecule has 2 N–H and O–H groups in total. The highest BCUT2D eigenvalue weighted by Crippen LogP contribution is 2.17. The molecule has 0 radical (unpaired) electrons. The van der Waals surface area contributed by atoms with Crippen LogP contribution in [0, 0.1) is 0 Å². The fourth-order valence-electron chi connectivity index (χ4n) is 1.42. The van der Waals surface area contributed by atoms with E-state index in [4.69, 9.17) is 4.74 Å². The molecule has 2 rings (SSSR count). The second-order valence-corrected chi connectivity index (χ2v) is 4.98. The quantitative estimate of drug-likeness (QED) is 0.806. The van der Waals surface area contributed by atoms with Gasteiger partial charge < -0.3 is 4.74 Å². The molecule has 1 heterocycles. The predicted octanol–water partition coefficient (Wildman–Crippen LogP) is 2.44. The van der Waals surface area contributed by atoms with Crippen LogP contribution in [-0.4, -0.2) is 30.2 Å². The van der Waals surface area contributed by atoms with Crippen molar-refractivity contribution in [2.75, 3.05) is 24.4 Å². The van der Waals surface area contributed by atoms with Gasteiger partial charge >= 0.3 is 0 Å². The van der Waals surface area contributed by atoms with Crippen molar-refractivity contribution < 1.29 is 9.13 Å². The standard InChI is InChI=1S/C12H16FN3OS/c1-9(8-13)17-11-4-2-10(3-5-11)15-16-12-14-6-7-18-12/h2-5,9,15H,6-8H2,1H3,(H,14,16). The van der Waals surface area contributed by atoms with Crippen molar-refractivity contribution >= 4 is 22.6 Å². The Balaban J connectivity index is 1.83. The van der Waals surface area contributed by atoms with E-state index in [1.165, 1.54) is 0 Å². The number of thioether (sulfide) groups is 1. The van der Waals surface area contributed by atoms with Crippen LogP contribution in [0.1, 0.15) is 6.92 Å². The number of alkyl halides is 1. The molecule has 1 atom stereocenters. The number of nitrogens with zero attached hydrogens (tertiary/aromatic N) is 1. The molecule has 1 aromatic carbocycles. The number of benzene rings is 1. The number of aliphatic imine (C=N–C) groups is 1. The molecule has 6 heteroatoms. The predicted molar refractivity (Wildman–Crippen MR) is 74.0 cm³/mol. The van der Waals surface area contributed by atoms with Gasteiger partial charge in [0.2, 0.25) is 0 Å². The number of hydrogen-bond acceptors (Lipinski definition) is 5. The molecule has 0 saturated heterocycles. The van der Waals surface area contributed by atoms with Crippen LogP contribution in [0.3, 0.4) is 0 Å². The minimum atomic E-state index is -0.487. The first-order chi connectivity index (χ1) is 8.78. The molecule has 0 aliphatic carbocycles. The fourth-order valence-corrected chi connectivity index (χ4v) is 2.10. The van der Waals surface area contributed by atoms with Crippen LogP contribution < -0.4 is 15.6 Å². The minimum Gasteiger partial charge on any atom is -0.488 e. The van der Waals surface area contributed by atoms with E-state index in [-0.39, 0.29) is 0 Å². The first-order valence-corrected chi connectivity index (χ1v) is 6.78. The van der Waals surface area contributed by atoms with Gasteiger partial charge in [0.25, 0.3) is 0 Å². The molecular weight excluding hydrogens is 253 g/mol. The second kappa shape index (κ2) is 6.49. The van der Waals surface area contributed by atoms with Crippen molar-refractivity contribution in [1.29, 1.82) is 0 Å². The molecule has 0 aromatic heterocycles. The maximum absolute atomic E-state index is 12.3. The number of ether oxygens (including phenoxy) is 1. The largest absolute Gasteiger partial charge is 0.488 e. The van der Waals surface area contributed by atoms with Gasteiger partial charge in [-0.2, -0.15) is 0 Å². The number of amidine groups is 1. The van der Waals surface area contributed by atoms with Gasteiger partial charge in [0.05, 0.1) is 12.2 Å². The SMILES string of the molecule is CC(CF)Oc1ccc(NNC2=NCCS2)cc1. The first-order valence-electron chi connectivity index (χ1n) is 5.80. The number of rotatable bonds is 5. The molecule has 0 fully saturated rings. The maximum Gasteiger partial charge on any atom is 0.175 e. The Morgan fingerprint density at radius 2 is 2.17 bits per heavy atom. The Kier molecular flexibility index (Phi) is 4.69. The summed E-state index contributed by atoms with van der Waals surface area (Å²) < 4.78 is 17.6. The van der Waals surface area contributed by atoms with Crippen molar-refractivity contribution in [2.45, 2.75) is 13.0 Å². The van der Waals surface area contributed by atoms with E-state index in [0.29, 0.717) is 5.75 Å². The molecule has 1 aliphatic rings. The van der Waals surface area contributed by atoms with Crippen molar-refractivity contribution in [1.82, 2.24) is 5.43 Å². The van der Waals surface area contributed by atoms with Gasteiger partial charge in [0.15, 0.2) is 5.17 Å². The highest BCUT2D eigenvalue weighted by atomic mass is 32.2. The summed E-state index contributed by atoms with van der Waals surface area (Å²) in [6.07, 6.45) is -0.411. The van der Waals surface area contributed by atoms with Crippen molar-refractivity contribution in [2.24, 2.45) is 4.99 Å². The van der Waals surface area contributed by atoms with E-state index in [1.54, 1.807) is 30.8 Å². The zero-order chi connectivity index (χ0) is 12.8. The van der Waals surface area contributed by atoms with Crippen LogP contribution >= 0.6 is 11.8 Å². The molecule has 1 unspecified atom stereocenters. The zero-order valence-corrected chi connectivity index (χ0v) is 11.0. The number of hydrogen-bond donors (Lipinski definition) is 2. The molecule has 0 spiro atoms. The number of anilines is 1. The van der Waals surface area contributed by atoms with Crippen LogP contribution in [0.5, 0.6) is 5.75 Å². The van der Waals surface area contributed by atoms with Gasteiger partial charge in [-0.05, 0) is 31.2 Å². The summed E-state index contributed by atoms with van der Waals surface area (Å²) in [5, 5.41) is 0.904. The molecule has 4 nitrogen and oxygen atoms in total. The van der Waals surface area contributed by atoms with E-state index >= 15 is 0 Å². The average Bonchev–Trinajstić information content (AvgIpc) is 2.91. The van der Waals surface area contributed by atoms with Crippen LogP contribution in [0.15, 0.2) is 29.3 Å². The number of halogens is 1. The molecular formula is C12H16FN3OS. The Bertz CT molecular complexity index is 410. The van der Waals surface area contributed by atoms with E-state index in [9.17, 15) is 4.39 Å². The van der Waals surface area contributed by atoms with Crippen LogP contribution in [0.25, 0.3) is 0 Å². The van der Waals surface area contributed by atoms with Crippen molar-refractivity contribution in [3.05, 3.63) is 24.3 Å². The molecule has 18 heavy (non-hydrogen) atoms. The molecule has 0 saturated carbocycles. The number of hydrazine groups is 1. The lowest BCUT2D eigenvalue weighted by Crippen LogP contribution is -2.25. The second-order valence-electron chi connectivity index (χ2n) is 3.89. The van der Waals surface area contributed by atoms with Gasteiger partial charge in [-0.25, -0.2) is 4.39 Å².